The minimum Gasteiger partial charge on any atom is -0.324 e. The molecule has 0 aromatic heterocycles. The fourth-order valence-corrected chi connectivity index (χ4v) is 2.18. The number of piperazine rings is 1. The normalized spacial score (nSPS) is 17.8. The largest absolute Gasteiger partial charge is 0.324 e. The zero-order valence-corrected chi connectivity index (χ0v) is 12.5. The highest BCUT2D eigenvalue weighted by Crippen LogP contribution is 2.16. The van der Waals surface area contributed by atoms with E-state index < -0.39 is 23.3 Å². The first-order valence-corrected chi connectivity index (χ1v) is 6.82. The quantitative estimate of drug-likeness (QED) is 0.817. The van der Waals surface area contributed by atoms with Gasteiger partial charge in [-0.15, -0.1) is 0 Å². The maximum atomic E-state index is 12.1. The van der Waals surface area contributed by atoms with Crippen molar-refractivity contribution in [3.05, 3.63) is 29.3 Å². The molecule has 1 saturated heterocycles. The first-order valence-electron chi connectivity index (χ1n) is 6.45. The predicted molar refractivity (Wildman–Crippen MR) is 78.9 cm³/mol. The van der Waals surface area contributed by atoms with Crippen LogP contribution >= 0.6 is 11.6 Å². The highest BCUT2D eigenvalue weighted by atomic mass is 35.5. The van der Waals surface area contributed by atoms with Crippen LogP contribution in [-0.4, -0.2) is 41.2 Å². The molecule has 3 amide bonds. The van der Waals surface area contributed by atoms with Crippen LogP contribution in [0.3, 0.4) is 0 Å². The number of hydrogen-bond donors (Lipinski definition) is 2. The van der Waals surface area contributed by atoms with Crippen LogP contribution in [0.25, 0.3) is 0 Å². The Balaban J connectivity index is 2.04. The van der Waals surface area contributed by atoms with E-state index in [1.54, 1.807) is 38.1 Å². The Labute approximate surface area is 127 Å². The van der Waals surface area contributed by atoms with E-state index in [1.807, 2.05) is 0 Å². The van der Waals surface area contributed by atoms with Crippen molar-refractivity contribution in [2.75, 3.05) is 18.4 Å². The third-order valence-electron chi connectivity index (χ3n) is 3.17. The summed E-state index contributed by atoms with van der Waals surface area (Å²) in [6.07, 6.45) is 0. The topological polar surface area (TPSA) is 78.5 Å². The van der Waals surface area contributed by atoms with E-state index in [2.05, 4.69) is 10.6 Å². The third-order valence-corrected chi connectivity index (χ3v) is 3.41. The molecule has 0 radical (unpaired) electrons. The summed E-state index contributed by atoms with van der Waals surface area (Å²) in [6, 6.07) is 6.64. The first kappa shape index (κ1) is 15.5. The molecule has 21 heavy (non-hydrogen) atoms. The molecule has 1 aromatic carbocycles. The van der Waals surface area contributed by atoms with Gasteiger partial charge in [-0.1, -0.05) is 17.7 Å². The maximum Gasteiger partial charge on any atom is 0.249 e. The molecule has 112 valence electrons. The van der Waals surface area contributed by atoms with E-state index in [4.69, 9.17) is 11.6 Å². The van der Waals surface area contributed by atoms with E-state index in [0.29, 0.717) is 10.7 Å². The van der Waals surface area contributed by atoms with Gasteiger partial charge in [0.15, 0.2) is 0 Å². The monoisotopic (exact) mass is 309 g/mol. The van der Waals surface area contributed by atoms with Crippen LogP contribution < -0.4 is 10.6 Å². The van der Waals surface area contributed by atoms with Crippen LogP contribution in [0.1, 0.15) is 13.8 Å². The number of hydrogen-bond acceptors (Lipinski definition) is 4. The molecule has 2 rings (SSSR count). The number of rotatable bonds is 3. The van der Waals surface area contributed by atoms with E-state index in [9.17, 15) is 14.4 Å². The minimum atomic E-state index is -0.857. The van der Waals surface area contributed by atoms with E-state index in [-0.39, 0.29) is 13.1 Å². The van der Waals surface area contributed by atoms with E-state index in [0.717, 1.165) is 4.90 Å². The standard InChI is InChI=1S/C14H16ClN3O3/c1-14(2)13(21)18(12(20)7-16-14)8-11(19)17-10-5-3-4-9(15)6-10/h3-6,16H,7-8H2,1-2H3,(H,17,19). The summed E-state index contributed by atoms with van der Waals surface area (Å²) in [6.45, 7) is 3.06. The molecule has 1 aromatic rings. The third kappa shape index (κ3) is 3.59. The lowest BCUT2D eigenvalue weighted by atomic mass is 10.0. The number of nitrogens with zero attached hydrogens (tertiary/aromatic N) is 1. The second kappa shape index (κ2) is 5.83. The molecule has 0 atom stereocenters. The summed E-state index contributed by atoms with van der Waals surface area (Å²) in [4.78, 5) is 36.9. The average molecular weight is 310 g/mol. The molecule has 0 unspecified atom stereocenters. The van der Waals surface area contributed by atoms with Gasteiger partial charge < -0.3 is 5.32 Å². The van der Waals surface area contributed by atoms with Gasteiger partial charge in [-0.25, -0.2) is 0 Å². The highest BCUT2D eigenvalue weighted by Gasteiger charge is 2.40. The van der Waals surface area contributed by atoms with Gasteiger partial charge in [-0.3, -0.25) is 24.6 Å². The summed E-state index contributed by atoms with van der Waals surface area (Å²) in [5.41, 5.74) is -0.341. The Hall–Kier alpha value is -1.92. The number of benzene rings is 1. The zero-order valence-electron chi connectivity index (χ0n) is 11.8. The molecule has 1 fully saturated rings. The van der Waals surface area contributed by atoms with Gasteiger partial charge in [0.1, 0.15) is 6.54 Å². The number of carbonyl (C=O) groups is 3. The second-order valence-corrected chi connectivity index (χ2v) is 5.76. The van der Waals surface area contributed by atoms with Gasteiger partial charge in [0.05, 0.1) is 12.1 Å². The average Bonchev–Trinajstić information content (AvgIpc) is 2.40. The molecule has 7 heteroatoms. The lowest BCUT2D eigenvalue weighted by Gasteiger charge is -2.36. The summed E-state index contributed by atoms with van der Waals surface area (Å²) < 4.78 is 0. The Bertz CT molecular complexity index is 601. The van der Waals surface area contributed by atoms with Crippen LogP contribution in [0.5, 0.6) is 0 Å². The number of halogens is 1. The van der Waals surface area contributed by atoms with E-state index in [1.165, 1.54) is 0 Å². The van der Waals surface area contributed by atoms with Crippen molar-refractivity contribution in [3.8, 4) is 0 Å². The molecule has 1 heterocycles. The van der Waals surface area contributed by atoms with Crippen LogP contribution in [0, 0.1) is 0 Å². The molecule has 0 spiro atoms. The SMILES string of the molecule is CC1(C)NCC(=O)N(CC(=O)Nc2cccc(Cl)c2)C1=O. The Morgan fingerprint density at radius 3 is 2.81 bits per heavy atom. The lowest BCUT2D eigenvalue weighted by Crippen LogP contribution is -2.64. The zero-order chi connectivity index (χ0) is 15.6. The number of amides is 3. The number of anilines is 1. The molecule has 6 nitrogen and oxygen atoms in total. The molecule has 2 N–H and O–H groups in total. The molecule has 1 aliphatic rings. The number of imide groups is 1. The predicted octanol–water partition coefficient (Wildman–Crippen LogP) is 1.02. The van der Waals surface area contributed by atoms with Crippen molar-refractivity contribution in [1.29, 1.82) is 0 Å². The van der Waals surface area contributed by atoms with Gasteiger partial charge in [0.25, 0.3) is 0 Å². The summed E-state index contributed by atoms with van der Waals surface area (Å²) in [7, 11) is 0. The minimum absolute atomic E-state index is 0.0309. The van der Waals surface area contributed by atoms with Crippen molar-refractivity contribution >= 4 is 35.0 Å². The maximum absolute atomic E-state index is 12.1. The fraction of sp³-hybridized carbons (Fsp3) is 0.357. The van der Waals surface area contributed by atoms with Gasteiger partial charge in [0.2, 0.25) is 17.7 Å². The van der Waals surface area contributed by atoms with Crippen molar-refractivity contribution in [3.63, 3.8) is 0 Å². The van der Waals surface area contributed by atoms with Gasteiger partial charge in [-0.2, -0.15) is 0 Å². The van der Waals surface area contributed by atoms with Crippen molar-refractivity contribution in [2.45, 2.75) is 19.4 Å². The van der Waals surface area contributed by atoms with Gasteiger partial charge >= 0.3 is 0 Å². The molecular formula is C14H16ClN3O3. The van der Waals surface area contributed by atoms with Crippen LogP contribution in [0.4, 0.5) is 5.69 Å². The first-order chi connectivity index (χ1) is 9.79. The molecule has 0 aliphatic carbocycles. The van der Waals surface area contributed by atoms with E-state index >= 15 is 0 Å². The Kier molecular flexibility index (Phi) is 4.29. The molecule has 0 saturated carbocycles. The summed E-state index contributed by atoms with van der Waals surface area (Å²) in [5.74, 6) is -1.28. The molecular weight excluding hydrogens is 294 g/mol. The molecule has 0 bridgehead atoms. The van der Waals surface area contributed by atoms with Crippen LogP contribution in [0.15, 0.2) is 24.3 Å². The number of nitrogens with one attached hydrogen (secondary N) is 2. The van der Waals surface area contributed by atoms with Crippen molar-refractivity contribution in [2.24, 2.45) is 0 Å². The second-order valence-electron chi connectivity index (χ2n) is 5.32. The van der Waals surface area contributed by atoms with Crippen molar-refractivity contribution in [1.82, 2.24) is 10.2 Å². The van der Waals surface area contributed by atoms with Gasteiger partial charge in [-0.05, 0) is 32.0 Å². The van der Waals surface area contributed by atoms with Crippen LogP contribution in [-0.2, 0) is 14.4 Å². The van der Waals surface area contributed by atoms with Crippen LogP contribution in [0.2, 0.25) is 5.02 Å². The van der Waals surface area contributed by atoms with Crippen molar-refractivity contribution < 1.29 is 14.4 Å². The summed E-state index contributed by atoms with van der Waals surface area (Å²) in [5, 5.41) is 5.93. The molecule has 1 aliphatic heterocycles. The Morgan fingerprint density at radius 2 is 2.14 bits per heavy atom. The smallest absolute Gasteiger partial charge is 0.249 e. The summed E-state index contributed by atoms with van der Waals surface area (Å²) >= 11 is 5.83. The Morgan fingerprint density at radius 1 is 1.43 bits per heavy atom. The number of carbonyl (C=O) groups excluding carboxylic acids is 3. The lowest BCUT2D eigenvalue weighted by molar-refractivity contribution is -0.154. The fourth-order valence-electron chi connectivity index (χ4n) is 1.99. The highest BCUT2D eigenvalue weighted by molar-refractivity contribution is 6.30. The van der Waals surface area contributed by atoms with Gasteiger partial charge in [0, 0.05) is 10.7 Å².